The van der Waals surface area contributed by atoms with Gasteiger partial charge in [-0.05, 0) is 73.9 Å². The summed E-state index contributed by atoms with van der Waals surface area (Å²) in [5, 5.41) is 55.7. The number of thiazole rings is 6. The first-order valence-electron chi connectivity index (χ1n) is 29.2. The summed E-state index contributed by atoms with van der Waals surface area (Å²) in [6, 6.07) is 13.8. The van der Waals surface area contributed by atoms with Gasteiger partial charge in [0.1, 0.15) is 93.8 Å². The zero-order valence-corrected chi connectivity index (χ0v) is 54.2. The summed E-state index contributed by atoms with van der Waals surface area (Å²) >= 11 is 6.96. The van der Waals surface area contributed by atoms with Gasteiger partial charge >= 0.3 is 5.97 Å². The number of hydrogen-bond donors (Lipinski definition) is 8. The average molecular weight is 1350 g/mol. The lowest BCUT2D eigenvalue weighted by Gasteiger charge is -2.29. The fourth-order valence-electron chi connectivity index (χ4n) is 11.4. The molecule has 10 bridgehead atoms. The number of nitrogens with two attached hydrogens (primary N) is 1. The minimum Gasteiger partial charge on any atom is -0.508 e. The lowest BCUT2D eigenvalue weighted by Crippen LogP contribution is -2.50. The number of fused-ring (bicyclic) bond motifs is 16. The molecule has 0 spiro atoms. The van der Waals surface area contributed by atoms with Crippen LogP contribution in [0.4, 0.5) is 0 Å². The molecule has 2 aliphatic heterocycles. The number of amides is 6. The molecule has 9 heterocycles. The molecule has 2 fully saturated rings. The monoisotopic (exact) mass is 1350 g/mol. The Balaban J connectivity index is 0.915. The molecule has 9 N–H and O–H groups in total. The van der Waals surface area contributed by atoms with Crippen LogP contribution in [-0.2, 0) is 25.5 Å². The van der Waals surface area contributed by atoms with E-state index in [-0.39, 0.29) is 75.2 Å². The van der Waals surface area contributed by atoms with Crippen molar-refractivity contribution in [1.29, 1.82) is 0 Å². The first-order valence-corrected chi connectivity index (χ1v) is 34.4. The van der Waals surface area contributed by atoms with Gasteiger partial charge in [-0.25, -0.2) is 34.9 Å². The largest absolute Gasteiger partial charge is 0.508 e. The molecule has 24 nitrogen and oxygen atoms in total. The van der Waals surface area contributed by atoms with Crippen LogP contribution in [0, 0.1) is 24.7 Å². The molecule has 1 saturated heterocycles. The number of esters is 1. The number of nitrogens with zero attached hydrogens (tertiary/aromatic N) is 8. The maximum Gasteiger partial charge on any atom is 0.308 e. The summed E-state index contributed by atoms with van der Waals surface area (Å²) in [6.07, 6.45) is 0.0850. The molecule has 1 saturated carbocycles. The predicted octanol–water partition coefficient (Wildman–Crippen LogP) is 8.00. The second kappa shape index (κ2) is 27.3. The number of pyridine rings is 1. The maximum atomic E-state index is 15.2. The fraction of sp³-hybridized carbons (Fsp3) is 0.323. The van der Waals surface area contributed by atoms with E-state index in [1.54, 1.807) is 77.7 Å². The molecule has 7 aromatic heterocycles. The molecule has 474 valence electrons. The van der Waals surface area contributed by atoms with Crippen LogP contribution in [-0.4, -0.2) is 129 Å². The van der Waals surface area contributed by atoms with Crippen molar-refractivity contribution in [2.24, 2.45) is 23.5 Å². The maximum absolute atomic E-state index is 15.2. The number of ether oxygens (including phenoxy) is 1. The molecule has 92 heavy (non-hydrogen) atoms. The van der Waals surface area contributed by atoms with Crippen molar-refractivity contribution in [3.63, 3.8) is 0 Å². The SMILES string of the molecule is COC(=O)C1CCC(CNC(=O)c2csc(-c3ccc4c(n3)-c3csc(n3)-c3csc(n3)[C@@H]3[C@@H](C)[C@@H](O)CN3C(=O)[C@H](Cc3ccc(O)cc3)NC(=O)c3csc(n3)[C@H]([C@H](O)c3ccccc3)NC(=O)c3nc(sc3C)[C@H](CC(N)=O)NC(=O)c3csc-4n3)n2)CC1. The highest BCUT2D eigenvalue weighted by atomic mass is 32.1. The van der Waals surface area contributed by atoms with E-state index in [1.165, 1.54) is 63.5 Å². The van der Waals surface area contributed by atoms with Gasteiger partial charge in [0, 0.05) is 62.8 Å². The lowest BCUT2D eigenvalue weighted by atomic mass is 9.82. The summed E-state index contributed by atoms with van der Waals surface area (Å²) in [6.45, 7) is 3.78. The summed E-state index contributed by atoms with van der Waals surface area (Å²) < 4.78 is 4.94. The molecule has 9 aromatic rings. The van der Waals surface area contributed by atoms with Crippen LogP contribution in [0.25, 0.3) is 43.4 Å². The Morgan fingerprint density at radius 2 is 1.35 bits per heavy atom. The number of aliphatic hydroxyl groups excluding tert-OH is 2. The summed E-state index contributed by atoms with van der Waals surface area (Å²) in [7, 11) is 1.39. The van der Waals surface area contributed by atoms with Crippen molar-refractivity contribution in [2.45, 2.75) is 88.7 Å². The van der Waals surface area contributed by atoms with Crippen LogP contribution >= 0.6 is 68.0 Å². The van der Waals surface area contributed by atoms with Crippen molar-refractivity contribution in [3.05, 3.63) is 147 Å². The summed E-state index contributed by atoms with van der Waals surface area (Å²) in [4.78, 5) is 133. The first kappa shape index (κ1) is 63.5. The van der Waals surface area contributed by atoms with E-state index in [1.807, 2.05) is 12.3 Å². The lowest BCUT2D eigenvalue weighted by molar-refractivity contribution is -0.146. The molecular weight excluding hydrogens is 1300 g/mol. The molecule has 1 aliphatic carbocycles. The fourth-order valence-corrected chi connectivity index (χ4v) is 16.7. The Bertz CT molecular complexity index is 4250. The van der Waals surface area contributed by atoms with Crippen molar-refractivity contribution >= 4 is 109 Å². The number of rotatable bonds is 11. The van der Waals surface area contributed by atoms with E-state index in [2.05, 4.69) is 31.2 Å². The number of aromatic nitrogens is 7. The standard InChI is InChI=1S/C62H59N13O11S6/c1-28-44(77)22-75-49(28)60-72-43(27-91-60)57-68-39(23-88-57)47-35(17-18-36(65-47)56-70-40(24-89-56)51(80)64-21-31-9-13-33(14-10-31)62(85)86-3)55-69-41(25-87-55)52(81)66-37(20-45(63)78)58-74-46(29(2)92-58)54(83)73-48(50(79)32-7-5-4-6-8-32)59-71-42(26-90-59)53(82)67-38(61(75)84)19-30-11-15-34(76)16-12-30/h4-8,11-12,15-18,23-28,31,33,37-38,44,48-50,76-77,79H,9-10,13-14,19-22H2,1-3H3,(H2,63,78)(H,64,80)(H,66,81)(H,67,82)(H,73,83)/t28-,31?,33?,37-,38-,44-,48-,49-,50+/m0/s1. The third-order valence-corrected chi connectivity index (χ3v) is 21.9. The smallest absolute Gasteiger partial charge is 0.308 e. The second-order valence-electron chi connectivity index (χ2n) is 22.5. The van der Waals surface area contributed by atoms with Gasteiger partial charge < -0.3 is 52.0 Å². The number of phenols is 1. The van der Waals surface area contributed by atoms with Crippen LogP contribution in [0.1, 0.15) is 136 Å². The molecule has 0 radical (unpaired) electrons. The Kier molecular flexibility index (Phi) is 18.8. The minimum absolute atomic E-state index is 0.00473. The molecule has 7 atom stereocenters. The van der Waals surface area contributed by atoms with Crippen molar-refractivity contribution in [3.8, 4) is 49.1 Å². The average Bonchev–Trinajstić information content (AvgIpc) is 1.78. The number of primary amides is 1. The van der Waals surface area contributed by atoms with Crippen molar-refractivity contribution in [2.75, 3.05) is 20.2 Å². The number of nitrogens with one attached hydrogen (secondary N) is 4. The number of phenolic OH excluding ortho intramolecular Hbond substituents is 1. The predicted molar refractivity (Wildman–Crippen MR) is 346 cm³/mol. The third-order valence-electron chi connectivity index (χ3n) is 16.4. The topological polar surface area (TPSA) is 357 Å². The Morgan fingerprint density at radius 1 is 0.696 bits per heavy atom. The second-order valence-corrected chi connectivity index (χ2v) is 28.1. The number of benzene rings is 2. The number of hydrogen-bond acceptors (Lipinski definition) is 24. The van der Waals surface area contributed by atoms with Gasteiger partial charge in [0.05, 0.1) is 43.3 Å². The highest BCUT2D eigenvalue weighted by Crippen LogP contribution is 2.43. The number of carbonyl (C=O) groups excluding carboxylic acids is 7. The number of methoxy groups -OCH3 is 1. The Labute approximate surface area is 549 Å². The normalized spacial score (nSPS) is 21.5. The van der Waals surface area contributed by atoms with Crippen LogP contribution in [0.2, 0.25) is 0 Å². The molecule has 30 heteroatoms. The van der Waals surface area contributed by atoms with E-state index in [0.29, 0.717) is 83.8 Å². The Morgan fingerprint density at radius 3 is 2.10 bits per heavy atom. The molecular formula is C62H59N13O11S6. The van der Waals surface area contributed by atoms with Crippen LogP contribution < -0.4 is 27.0 Å². The highest BCUT2D eigenvalue weighted by molar-refractivity contribution is 7.15. The van der Waals surface area contributed by atoms with E-state index in [9.17, 15) is 44.1 Å². The molecule has 0 unspecified atom stereocenters. The number of aliphatic hydroxyl groups is 2. The Hall–Kier alpha value is -8.62. The zero-order chi connectivity index (χ0) is 64.5. The molecule has 3 aliphatic rings. The highest BCUT2D eigenvalue weighted by Gasteiger charge is 2.46. The molecule has 2 aromatic carbocycles. The first-order chi connectivity index (χ1) is 44.3. The number of aromatic hydroxyl groups is 1. The number of carbonyl (C=O) groups is 7. The van der Waals surface area contributed by atoms with Gasteiger partial charge in [0.2, 0.25) is 11.8 Å². The van der Waals surface area contributed by atoms with Gasteiger partial charge in [-0.1, -0.05) is 49.4 Å². The zero-order valence-electron chi connectivity index (χ0n) is 49.3. The van der Waals surface area contributed by atoms with E-state index >= 15 is 4.79 Å². The van der Waals surface area contributed by atoms with Crippen molar-refractivity contribution < 1.29 is 53.6 Å². The van der Waals surface area contributed by atoms with E-state index < -0.39 is 78.2 Å². The van der Waals surface area contributed by atoms with E-state index in [0.717, 1.165) is 46.9 Å². The molecule has 12 rings (SSSR count). The quantitative estimate of drug-likeness (QED) is 0.0568. The van der Waals surface area contributed by atoms with Crippen LogP contribution in [0.3, 0.4) is 0 Å². The van der Waals surface area contributed by atoms with Gasteiger partial charge in [-0.15, -0.1) is 68.0 Å². The van der Waals surface area contributed by atoms with Gasteiger partial charge in [-0.2, -0.15) is 0 Å². The van der Waals surface area contributed by atoms with Crippen molar-refractivity contribution in [1.82, 2.24) is 61.1 Å². The van der Waals surface area contributed by atoms with Gasteiger partial charge in [0.25, 0.3) is 23.6 Å². The summed E-state index contributed by atoms with van der Waals surface area (Å²) in [5.74, 6) is -4.53. The van der Waals surface area contributed by atoms with E-state index in [4.69, 9.17) is 35.4 Å². The van der Waals surface area contributed by atoms with Gasteiger partial charge in [0.15, 0.2) is 0 Å². The minimum atomic E-state index is -1.41. The number of aryl methyl sites for hydroxylation is 1. The van der Waals surface area contributed by atoms with Crippen LogP contribution in [0.15, 0.2) is 93.6 Å². The molecule has 6 amide bonds. The van der Waals surface area contributed by atoms with Gasteiger partial charge in [-0.3, -0.25) is 33.6 Å². The summed E-state index contributed by atoms with van der Waals surface area (Å²) in [5.41, 5.74) is 8.86. The third kappa shape index (κ3) is 13.6. The van der Waals surface area contributed by atoms with Crippen LogP contribution in [0.5, 0.6) is 5.75 Å².